The number of benzene rings is 4. The molecule has 0 aliphatic rings. The van der Waals surface area contributed by atoms with E-state index in [0.29, 0.717) is 28.5 Å². The van der Waals surface area contributed by atoms with Crippen molar-refractivity contribution in [2.45, 2.75) is 24.7 Å². The molecule has 0 bridgehead atoms. The van der Waals surface area contributed by atoms with Gasteiger partial charge in [-0.3, -0.25) is 0 Å². The normalized spacial score (nSPS) is 12.8. The summed E-state index contributed by atoms with van der Waals surface area (Å²) in [6, 6.07) is 30.4. The van der Waals surface area contributed by atoms with Gasteiger partial charge in [-0.25, -0.2) is 0 Å². The molecule has 0 unspecified atom stereocenters. The Morgan fingerprint density at radius 3 is 1.56 bits per heavy atom. The number of unbranched alkanes of at least 4 members (excludes halogenated alkanes) is 1. The van der Waals surface area contributed by atoms with E-state index in [1.54, 1.807) is 0 Å². The van der Waals surface area contributed by atoms with E-state index >= 15 is 0 Å². The number of hydrogen-bond acceptors (Lipinski definition) is 5. The summed E-state index contributed by atoms with van der Waals surface area (Å²) in [6.45, 7) is -2.38. The van der Waals surface area contributed by atoms with Gasteiger partial charge in [0.15, 0.2) is 0 Å². The summed E-state index contributed by atoms with van der Waals surface area (Å²) in [7, 11) is -4.87. The fourth-order valence-corrected chi connectivity index (χ4v) is 14.1. The van der Waals surface area contributed by atoms with Crippen LogP contribution in [0.25, 0.3) is 0 Å². The molecule has 202 valence electrons. The second kappa shape index (κ2) is 11.1. The third-order valence-corrected chi connectivity index (χ3v) is 15.2. The molecule has 0 aromatic heterocycles. The molecule has 9 heteroatoms. The molecule has 0 fully saturated rings. The van der Waals surface area contributed by atoms with Crippen LogP contribution in [0.3, 0.4) is 0 Å². The van der Waals surface area contributed by atoms with E-state index in [0.717, 1.165) is 24.6 Å². The maximum atomic E-state index is 14.4. The van der Waals surface area contributed by atoms with E-state index in [4.69, 9.17) is 3.97 Å². The molecule has 4 aromatic rings. The molecule has 0 heterocycles. The minimum absolute atomic E-state index is 0.320. The van der Waals surface area contributed by atoms with Gasteiger partial charge >= 0.3 is 228 Å². The van der Waals surface area contributed by atoms with Crippen molar-refractivity contribution in [3.8, 4) is 0 Å². The van der Waals surface area contributed by atoms with Crippen molar-refractivity contribution in [2.24, 2.45) is 0 Å². The number of carboxylic acids is 2. The van der Waals surface area contributed by atoms with Gasteiger partial charge in [0.25, 0.3) is 0 Å². The predicted octanol–water partition coefficient (Wildman–Crippen LogP) is 5.03. The average molecular weight is 565 g/mol. The van der Waals surface area contributed by atoms with Crippen LogP contribution in [-0.2, 0) is 14.1 Å². The van der Waals surface area contributed by atoms with Crippen LogP contribution >= 0.6 is 6.83 Å². The Hall–Kier alpha value is -3.84. The molecule has 0 saturated heterocycles. The zero-order valence-electron chi connectivity index (χ0n) is 21.3. The Kier molecular flexibility index (Phi) is 8.02. The Morgan fingerprint density at radius 2 is 1.18 bits per heavy atom. The van der Waals surface area contributed by atoms with Gasteiger partial charge in [0, 0.05) is 0 Å². The molecular formula is C30H29O7PS. The van der Waals surface area contributed by atoms with Crippen LogP contribution in [0.5, 0.6) is 0 Å². The van der Waals surface area contributed by atoms with E-state index in [1.807, 2.05) is 97.9 Å². The first-order valence-corrected chi connectivity index (χ1v) is 16.2. The van der Waals surface area contributed by atoms with Gasteiger partial charge in [0.2, 0.25) is 0 Å². The Bertz CT molecular complexity index is 1490. The van der Waals surface area contributed by atoms with Crippen LogP contribution in [0.2, 0.25) is 0 Å². The molecule has 4 rings (SSSR count). The van der Waals surface area contributed by atoms with Crippen LogP contribution in [0.1, 0.15) is 40.5 Å². The molecule has 0 spiro atoms. The number of carboxylic acid groups (broad SMARTS) is 2. The minimum atomic E-state index is -4.87. The van der Waals surface area contributed by atoms with Gasteiger partial charge in [0.1, 0.15) is 0 Å². The summed E-state index contributed by atoms with van der Waals surface area (Å²) in [5.41, 5.74) is -0.934. The van der Waals surface area contributed by atoms with Crippen molar-refractivity contribution in [1.29, 1.82) is 0 Å². The van der Waals surface area contributed by atoms with Gasteiger partial charge in [-0.05, 0) is 0 Å². The van der Waals surface area contributed by atoms with E-state index in [1.165, 1.54) is 0 Å². The van der Waals surface area contributed by atoms with Crippen LogP contribution < -0.4 is 15.9 Å². The van der Waals surface area contributed by atoms with Gasteiger partial charge < -0.3 is 0 Å². The van der Waals surface area contributed by atoms with E-state index in [-0.39, 0.29) is 5.56 Å². The Morgan fingerprint density at radius 1 is 0.718 bits per heavy atom. The molecule has 4 aromatic carbocycles. The molecule has 2 N–H and O–H groups in total. The zero-order chi connectivity index (χ0) is 28.1. The molecule has 0 radical (unpaired) electrons. The summed E-state index contributed by atoms with van der Waals surface area (Å²) in [6.07, 6.45) is 1.66. The van der Waals surface area contributed by atoms with Crippen molar-refractivity contribution in [1.82, 2.24) is 0 Å². The van der Waals surface area contributed by atoms with Gasteiger partial charge in [-0.2, -0.15) is 0 Å². The standard InChI is InChI=1S/C30H29O7PS/c1-2-3-21-38(24-13-7-4-8-14-24,25-15-9-5-10-16-25,26-17-11-6-12-18-26)37-39(35,36)28-22-23(29(31)32)19-20-27(28)30(33)34/h4-20,22H,2-3,21H2,1H3,(H,31,32)(H,33,34). The summed E-state index contributed by atoms with van der Waals surface area (Å²) in [4.78, 5) is 23.2. The number of hydrogen-bond donors (Lipinski definition) is 2. The molecule has 0 aliphatic carbocycles. The number of carbonyl (C=O) groups is 2. The van der Waals surface area contributed by atoms with E-state index < -0.39 is 39.3 Å². The summed E-state index contributed by atoms with van der Waals surface area (Å²) >= 11 is 0. The molecule has 39 heavy (non-hydrogen) atoms. The number of rotatable bonds is 11. The van der Waals surface area contributed by atoms with Gasteiger partial charge in [0.05, 0.1) is 0 Å². The van der Waals surface area contributed by atoms with Crippen LogP contribution in [0, 0.1) is 0 Å². The fraction of sp³-hybridized carbons (Fsp3) is 0.133. The maximum absolute atomic E-state index is 14.4. The Labute approximate surface area is 227 Å². The zero-order valence-corrected chi connectivity index (χ0v) is 23.0. The molecule has 0 amide bonds. The predicted molar refractivity (Wildman–Crippen MR) is 154 cm³/mol. The van der Waals surface area contributed by atoms with Crippen LogP contribution in [0.15, 0.2) is 114 Å². The second-order valence-corrected chi connectivity index (χ2v) is 15.5. The quantitative estimate of drug-likeness (QED) is 0.245. The summed E-state index contributed by atoms with van der Waals surface area (Å²) < 4.78 is 35.4. The monoisotopic (exact) mass is 564 g/mol. The van der Waals surface area contributed by atoms with Crippen molar-refractivity contribution in [2.75, 3.05) is 6.16 Å². The molecular weight excluding hydrogens is 535 g/mol. The Balaban J connectivity index is 2.18. The molecule has 7 nitrogen and oxygen atoms in total. The van der Waals surface area contributed by atoms with Crippen molar-refractivity contribution < 1.29 is 32.2 Å². The first kappa shape index (κ1) is 28.2. The topological polar surface area (TPSA) is 118 Å². The summed E-state index contributed by atoms with van der Waals surface area (Å²) in [5.74, 6) is -2.90. The molecule has 0 saturated carbocycles. The third kappa shape index (κ3) is 4.99. The van der Waals surface area contributed by atoms with Crippen LogP contribution in [0.4, 0.5) is 0 Å². The fourth-order valence-electron chi connectivity index (χ4n) is 4.99. The van der Waals surface area contributed by atoms with Gasteiger partial charge in [-0.1, -0.05) is 0 Å². The second-order valence-electron chi connectivity index (χ2n) is 9.15. The van der Waals surface area contributed by atoms with Crippen molar-refractivity contribution >= 4 is 44.8 Å². The third-order valence-electron chi connectivity index (χ3n) is 6.84. The van der Waals surface area contributed by atoms with E-state index in [2.05, 4.69) is 0 Å². The molecule has 0 atom stereocenters. The van der Waals surface area contributed by atoms with Gasteiger partial charge in [-0.15, -0.1) is 0 Å². The molecule has 0 aliphatic heterocycles. The SMILES string of the molecule is CCCCP(OS(=O)(=O)c1cc(C(=O)O)ccc1C(=O)O)(c1ccccc1)(c1ccccc1)c1ccccc1. The first-order chi connectivity index (χ1) is 18.6. The van der Waals surface area contributed by atoms with E-state index in [9.17, 15) is 28.2 Å². The van der Waals surface area contributed by atoms with Crippen LogP contribution in [-0.4, -0.2) is 36.7 Å². The summed E-state index contributed by atoms with van der Waals surface area (Å²) in [5, 5.41) is 21.4. The van der Waals surface area contributed by atoms with Crippen molar-refractivity contribution in [3.63, 3.8) is 0 Å². The first-order valence-electron chi connectivity index (χ1n) is 12.4. The van der Waals surface area contributed by atoms with Crippen molar-refractivity contribution in [3.05, 3.63) is 120 Å². The number of aromatic carboxylic acids is 2. The average Bonchev–Trinajstić information content (AvgIpc) is 2.96.